The largest absolute Gasteiger partial charge is 0.497 e. The fraction of sp³-hybridized carbons (Fsp3) is 0.286. The van der Waals surface area contributed by atoms with E-state index in [2.05, 4.69) is 10.1 Å². The Kier molecular flexibility index (Phi) is 5.30. The van der Waals surface area contributed by atoms with Crippen molar-refractivity contribution in [3.05, 3.63) is 65.0 Å². The number of ether oxygens (including phenoxy) is 1. The molecular weight excluding hydrogens is 378 g/mol. The summed E-state index contributed by atoms with van der Waals surface area (Å²) in [5.74, 6) is 1.87. The molecule has 1 fully saturated rings. The van der Waals surface area contributed by atoms with Crippen LogP contribution < -0.4 is 4.74 Å². The van der Waals surface area contributed by atoms with Gasteiger partial charge in [0.2, 0.25) is 11.7 Å². The monoisotopic (exact) mass is 397 g/mol. The van der Waals surface area contributed by atoms with Crippen LogP contribution in [-0.2, 0) is 0 Å². The molecule has 4 rings (SSSR count). The Morgan fingerprint density at radius 2 is 1.93 bits per heavy atom. The van der Waals surface area contributed by atoms with Crippen LogP contribution in [0.25, 0.3) is 11.4 Å². The average molecular weight is 398 g/mol. The number of halogens is 1. The second-order valence-corrected chi connectivity index (χ2v) is 7.22. The Morgan fingerprint density at radius 3 is 2.64 bits per heavy atom. The summed E-state index contributed by atoms with van der Waals surface area (Å²) in [6, 6.07) is 14.5. The van der Waals surface area contributed by atoms with Crippen LogP contribution in [0.3, 0.4) is 0 Å². The Morgan fingerprint density at radius 1 is 1.18 bits per heavy atom. The number of hydrogen-bond acceptors (Lipinski definition) is 5. The molecule has 0 aliphatic carbocycles. The van der Waals surface area contributed by atoms with Gasteiger partial charge in [-0.3, -0.25) is 4.79 Å². The minimum atomic E-state index is 0.00444. The molecule has 2 heterocycles. The smallest absolute Gasteiger partial charge is 0.253 e. The fourth-order valence-electron chi connectivity index (χ4n) is 3.40. The molecule has 6 nitrogen and oxygen atoms in total. The van der Waals surface area contributed by atoms with Gasteiger partial charge in [-0.2, -0.15) is 4.98 Å². The van der Waals surface area contributed by atoms with Gasteiger partial charge in [0.1, 0.15) is 5.75 Å². The average Bonchev–Trinajstić information content (AvgIpc) is 3.24. The molecule has 3 aromatic rings. The predicted octanol–water partition coefficient (Wildman–Crippen LogP) is 4.42. The summed E-state index contributed by atoms with van der Waals surface area (Å²) in [7, 11) is 1.61. The lowest BCUT2D eigenvalue weighted by molar-refractivity contribution is 0.0695. The van der Waals surface area contributed by atoms with Crippen LogP contribution in [-0.4, -0.2) is 41.1 Å². The summed E-state index contributed by atoms with van der Waals surface area (Å²) in [5, 5.41) is 4.75. The molecule has 1 aliphatic rings. The van der Waals surface area contributed by atoms with E-state index in [4.69, 9.17) is 20.9 Å². The van der Waals surface area contributed by atoms with E-state index in [9.17, 15) is 4.79 Å². The first-order chi connectivity index (χ1) is 13.6. The number of piperidine rings is 1. The van der Waals surface area contributed by atoms with E-state index in [1.807, 2.05) is 17.0 Å². The van der Waals surface area contributed by atoms with Gasteiger partial charge in [0.25, 0.3) is 5.91 Å². The molecule has 0 spiro atoms. The highest BCUT2D eigenvalue weighted by atomic mass is 35.5. The number of amides is 1. The number of nitrogens with zero attached hydrogens (tertiary/aromatic N) is 3. The Bertz CT molecular complexity index is 954. The summed E-state index contributed by atoms with van der Waals surface area (Å²) in [4.78, 5) is 19.2. The molecule has 7 heteroatoms. The molecule has 0 radical (unpaired) electrons. The molecule has 1 amide bonds. The normalized spacial score (nSPS) is 16.8. The van der Waals surface area contributed by atoms with E-state index in [1.54, 1.807) is 43.5 Å². The summed E-state index contributed by atoms with van der Waals surface area (Å²) >= 11 is 5.93. The standard InChI is InChI=1S/C21H20ClN3O3/c1-27-18-10-6-15(7-11-18)21(26)25-12-2-3-16(13-25)20-23-19(24-28-20)14-4-8-17(22)9-5-14/h4-11,16H,2-3,12-13H2,1H3/t16-/m1/s1. The van der Waals surface area contributed by atoms with Gasteiger partial charge in [0.05, 0.1) is 13.0 Å². The van der Waals surface area contributed by atoms with E-state index in [0.717, 1.165) is 30.7 Å². The topological polar surface area (TPSA) is 68.5 Å². The molecule has 1 saturated heterocycles. The lowest BCUT2D eigenvalue weighted by atomic mass is 9.97. The Hall–Kier alpha value is -2.86. The molecule has 0 saturated carbocycles. The van der Waals surface area contributed by atoms with Gasteiger partial charge in [-0.1, -0.05) is 16.8 Å². The van der Waals surface area contributed by atoms with Crippen molar-refractivity contribution < 1.29 is 14.1 Å². The Labute approximate surface area is 168 Å². The quantitative estimate of drug-likeness (QED) is 0.651. The molecule has 144 valence electrons. The van der Waals surface area contributed by atoms with Crippen LogP contribution in [0.5, 0.6) is 5.75 Å². The zero-order chi connectivity index (χ0) is 19.5. The van der Waals surface area contributed by atoms with Crippen LogP contribution in [0.1, 0.15) is 35.0 Å². The van der Waals surface area contributed by atoms with E-state index in [1.165, 1.54) is 0 Å². The van der Waals surface area contributed by atoms with E-state index >= 15 is 0 Å². The van der Waals surface area contributed by atoms with Crippen molar-refractivity contribution in [1.82, 2.24) is 15.0 Å². The van der Waals surface area contributed by atoms with Crippen LogP contribution in [0.15, 0.2) is 53.1 Å². The van der Waals surface area contributed by atoms with Gasteiger partial charge in [0.15, 0.2) is 0 Å². The molecule has 28 heavy (non-hydrogen) atoms. The number of carbonyl (C=O) groups is 1. The third-order valence-corrected chi connectivity index (χ3v) is 5.19. The fourth-order valence-corrected chi connectivity index (χ4v) is 3.52. The number of benzene rings is 2. The molecule has 0 bridgehead atoms. The van der Waals surface area contributed by atoms with Crippen LogP contribution in [0, 0.1) is 0 Å². The summed E-state index contributed by atoms with van der Waals surface area (Å²) in [5.41, 5.74) is 1.50. The summed E-state index contributed by atoms with van der Waals surface area (Å²) in [6.07, 6.45) is 1.81. The highest BCUT2D eigenvalue weighted by molar-refractivity contribution is 6.30. The van der Waals surface area contributed by atoms with Crippen LogP contribution in [0.2, 0.25) is 5.02 Å². The first-order valence-corrected chi connectivity index (χ1v) is 9.54. The molecule has 0 N–H and O–H groups in total. The maximum atomic E-state index is 12.8. The van der Waals surface area contributed by atoms with Gasteiger partial charge in [-0.05, 0) is 61.4 Å². The van der Waals surface area contributed by atoms with Crippen molar-refractivity contribution in [1.29, 1.82) is 0 Å². The third kappa shape index (κ3) is 3.87. The number of carbonyl (C=O) groups excluding carboxylic acids is 1. The number of rotatable bonds is 4. The van der Waals surface area contributed by atoms with Crippen molar-refractivity contribution >= 4 is 17.5 Å². The molecular formula is C21H20ClN3O3. The maximum absolute atomic E-state index is 12.8. The highest BCUT2D eigenvalue weighted by Gasteiger charge is 2.29. The van der Waals surface area contributed by atoms with Crippen molar-refractivity contribution in [3.8, 4) is 17.1 Å². The van der Waals surface area contributed by atoms with Gasteiger partial charge in [-0.15, -0.1) is 0 Å². The molecule has 1 atom stereocenters. The first-order valence-electron chi connectivity index (χ1n) is 9.17. The zero-order valence-corrected chi connectivity index (χ0v) is 16.2. The SMILES string of the molecule is COc1ccc(C(=O)N2CCC[C@@H](c3nc(-c4ccc(Cl)cc4)no3)C2)cc1. The van der Waals surface area contributed by atoms with Gasteiger partial charge in [0, 0.05) is 29.2 Å². The van der Waals surface area contributed by atoms with Crippen molar-refractivity contribution in [3.63, 3.8) is 0 Å². The number of hydrogen-bond donors (Lipinski definition) is 0. The van der Waals surface area contributed by atoms with Crippen molar-refractivity contribution in [2.75, 3.05) is 20.2 Å². The molecule has 1 aliphatic heterocycles. The predicted molar refractivity (Wildman–Crippen MR) is 106 cm³/mol. The van der Waals surface area contributed by atoms with Gasteiger partial charge < -0.3 is 14.2 Å². The lowest BCUT2D eigenvalue weighted by Crippen LogP contribution is -2.39. The third-order valence-electron chi connectivity index (χ3n) is 4.94. The van der Waals surface area contributed by atoms with Gasteiger partial charge in [-0.25, -0.2) is 0 Å². The molecule has 2 aromatic carbocycles. The van der Waals surface area contributed by atoms with E-state index < -0.39 is 0 Å². The maximum Gasteiger partial charge on any atom is 0.253 e. The number of aromatic nitrogens is 2. The number of methoxy groups -OCH3 is 1. The summed E-state index contributed by atoms with van der Waals surface area (Å²) in [6.45, 7) is 1.28. The van der Waals surface area contributed by atoms with Crippen LogP contribution >= 0.6 is 11.6 Å². The molecule has 0 unspecified atom stereocenters. The second-order valence-electron chi connectivity index (χ2n) is 6.78. The zero-order valence-electron chi connectivity index (χ0n) is 15.5. The van der Waals surface area contributed by atoms with Crippen molar-refractivity contribution in [2.24, 2.45) is 0 Å². The Balaban J connectivity index is 1.47. The van der Waals surface area contributed by atoms with E-state index in [-0.39, 0.29) is 11.8 Å². The first kappa shape index (κ1) is 18.5. The van der Waals surface area contributed by atoms with E-state index in [0.29, 0.717) is 28.8 Å². The number of likely N-dealkylation sites (tertiary alicyclic amines) is 1. The highest BCUT2D eigenvalue weighted by Crippen LogP contribution is 2.29. The second kappa shape index (κ2) is 8.02. The summed E-state index contributed by atoms with van der Waals surface area (Å²) < 4.78 is 10.7. The van der Waals surface area contributed by atoms with Gasteiger partial charge >= 0.3 is 0 Å². The lowest BCUT2D eigenvalue weighted by Gasteiger charge is -2.31. The minimum absolute atomic E-state index is 0.00444. The van der Waals surface area contributed by atoms with Crippen molar-refractivity contribution in [2.45, 2.75) is 18.8 Å². The minimum Gasteiger partial charge on any atom is -0.497 e. The van der Waals surface area contributed by atoms with Crippen LogP contribution in [0.4, 0.5) is 0 Å². The molecule has 1 aromatic heterocycles.